The van der Waals surface area contributed by atoms with Crippen LogP contribution in [0.5, 0.6) is 0 Å². The molecule has 0 atom stereocenters. The predicted octanol–water partition coefficient (Wildman–Crippen LogP) is 2.27. The van der Waals surface area contributed by atoms with Crippen molar-refractivity contribution in [3.63, 3.8) is 0 Å². The van der Waals surface area contributed by atoms with Crippen molar-refractivity contribution in [2.24, 2.45) is 0 Å². The van der Waals surface area contributed by atoms with Crippen LogP contribution in [0.1, 0.15) is 38.0 Å². The Kier molecular flexibility index (Phi) is 6.84. The quantitative estimate of drug-likeness (QED) is 0.451. The second-order valence-electron chi connectivity index (χ2n) is 8.31. The Hall–Kier alpha value is -2.41. The first-order chi connectivity index (χ1) is 15.3. The molecule has 0 bridgehead atoms. The molecule has 2 aromatic rings. The summed E-state index contributed by atoms with van der Waals surface area (Å²) < 4.78 is 34.5. The number of nitro benzene ring substituents is 1. The molecule has 0 spiro atoms. The lowest BCUT2D eigenvalue weighted by molar-refractivity contribution is -0.384. The third kappa shape index (κ3) is 4.98. The molecule has 0 amide bonds. The molecule has 1 saturated heterocycles. The van der Waals surface area contributed by atoms with Crippen molar-refractivity contribution < 1.29 is 17.9 Å². The molecule has 32 heavy (non-hydrogen) atoms. The van der Waals surface area contributed by atoms with Gasteiger partial charge >= 0.3 is 0 Å². The van der Waals surface area contributed by atoms with E-state index in [1.54, 1.807) is 27.8 Å². The molecule has 0 unspecified atom stereocenters. The van der Waals surface area contributed by atoms with Crippen LogP contribution in [0.4, 0.5) is 5.69 Å². The highest BCUT2D eigenvalue weighted by atomic mass is 32.2. The summed E-state index contributed by atoms with van der Waals surface area (Å²) in [7, 11) is -1.77. The minimum Gasteiger partial charge on any atom is -0.338 e. The molecule has 2 heterocycles. The van der Waals surface area contributed by atoms with Crippen molar-refractivity contribution in [2.75, 3.05) is 33.2 Å². The van der Waals surface area contributed by atoms with E-state index in [9.17, 15) is 18.5 Å². The van der Waals surface area contributed by atoms with E-state index in [2.05, 4.69) is 15.0 Å². The van der Waals surface area contributed by atoms with Gasteiger partial charge in [-0.25, -0.2) is 0 Å². The fraction of sp³-hybridized carbons (Fsp3) is 0.600. The number of hydrogen-bond donors (Lipinski definition) is 0. The minimum absolute atomic E-state index is 0.0376. The van der Waals surface area contributed by atoms with Gasteiger partial charge in [0.05, 0.1) is 11.5 Å². The normalized spacial score (nSPS) is 19.4. The van der Waals surface area contributed by atoms with Crippen LogP contribution in [0.15, 0.2) is 28.8 Å². The molecule has 1 aliphatic carbocycles. The Morgan fingerprint density at radius 2 is 1.91 bits per heavy atom. The largest absolute Gasteiger partial charge is 0.338 e. The zero-order valence-electron chi connectivity index (χ0n) is 18.1. The summed E-state index contributed by atoms with van der Waals surface area (Å²) in [6, 6.07) is 6.17. The number of nitrogens with zero attached hydrogens (tertiary/aromatic N) is 6. The lowest BCUT2D eigenvalue weighted by Gasteiger charge is -2.38. The van der Waals surface area contributed by atoms with E-state index >= 15 is 0 Å². The average Bonchev–Trinajstić information content (AvgIpc) is 3.28. The van der Waals surface area contributed by atoms with Gasteiger partial charge in [-0.15, -0.1) is 0 Å². The number of benzene rings is 1. The smallest absolute Gasteiger partial charge is 0.282 e. The Morgan fingerprint density at radius 1 is 1.19 bits per heavy atom. The highest BCUT2D eigenvalue weighted by molar-refractivity contribution is 7.86. The maximum absolute atomic E-state index is 13.0. The molecule has 2 fully saturated rings. The SMILES string of the molecule is CN(C1CCCCC1)S(=O)(=O)N1CCN(Cc2nc(-c3cccc([N+](=O)[O-])c3)no2)CC1. The third-order valence-electron chi connectivity index (χ3n) is 6.25. The number of piperazine rings is 1. The van der Waals surface area contributed by atoms with E-state index in [4.69, 9.17) is 4.52 Å². The molecular weight excluding hydrogens is 436 g/mol. The van der Waals surface area contributed by atoms with Crippen LogP contribution in [0, 0.1) is 10.1 Å². The highest BCUT2D eigenvalue weighted by Crippen LogP contribution is 2.26. The van der Waals surface area contributed by atoms with Gasteiger partial charge in [0.1, 0.15) is 0 Å². The van der Waals surface area contributed by atoms with E-state index < -0.39 is 15.1 Å². The molecule has 1 aliphatic heterocycles. The van der Waals surface area contributed by atoms with Gasteiger partial charge in [-0.05, 0) is 12.8 Å². The molecule has 0 N–H and O–H groups in total. The van der Waals surface area contributed by atoms with Crippen molar-refractivity contribution in [2.45, 2.75) is 44.7 Å². The van der Waals surface area contributed by atoms with Gasteiger partial charge in [0.25, 0.3) is 15.9 Å². The van der Waals surface area contributed by atoms with E-state index in [0.29, 0.717) is 50.0 Å². The molecule has 174 valence electrons. The summed E-state index contributed by atoms with van der Waals surface area (Å²) in [5.41, 5.74) is 0.472. The summed E-state index contributed by atoms with van der Waals surface area (Å²) in [6.45, 7) is 2.34. The summed E-state index contributed by atoms with van der Waals surface area (Å²) in [4.78, 5) is 16.9. The van der Waals surface area contributed by atoms with E-state index in [1.165, 1.54) is 18.6 Å². The number of rotatable bonds is 7. The summed E-state index contributed by atoms with van der Waals surface area (Å²) in [5, 5.41) is 14.9. The van der Waals surface area contributed by atoms with Crippen LogP contribution in [-0.2, 0) is 16.8 Å². The summed E-state index contributed by atoms with van der Waals surface area (Å²) >= 11 is 0. The van der Waals surface area contributed by atoms with Crippen LogP contribution in [0.25, 0.3) is 11.4 Å². The molecule has 11 nitrogen and oxygen atoms in total. The zero-order valence-corrected chi connectivity index (χ0v) is 18.9. The van der Waals surface area contributed by atoms with E-state index in [0.717, 1.165) is 25.7 Å². The number of hydrogen-bond acceptors (Lipinski definition) is 8. The van der Waals surface area contributed by atoms with Crippen molar-refractivity contribution >= 4 is 15.9 Å². The van der Waals surface area contributed by atoms with Crippen molar-refractivity contribution in [1.29, 1.82) is 0 Å². The molecule has 2 aliphatic rings. The molecule has 1 aromatic heterocycles. The standard InChI is InChI=1S/C20H28N6O5S/c1-23(17-7-3-2-4-8-17)32(29,30)25-12-10-24(11-13-25)15-19-21-20(22-31-19)16-6-5-9-18(14-16)26(27)28/h5-6,9,14,17H,2-4,7-8,10-13,15H2,1H3. The van der Waals surface area contributed by atoms with Crippen molar-refractivity contribution in [3.8, 4) is 11.4 Å². The number of non-ortho nitro benzene ring substituents is 1. The topological polar surface area (TPSA) is 126 Å². The first-order valence-electron chi connectivity index (χ1n) is 10.9. The molecular formula is C20H28N6O5S. The molecule has 0 radical (unpaired) electrons. The Morgan fingerprint density at radius 3 is 2.59 bits per heavy atom. The Bertz CT molecular complexity index is 1040. The highest BCUT2D eigenvalue weighted by Gasteiger charge is 2.34. The maximum Gasteiger partial charge on any atom is 0.282 e. The molecule has 1 saturated carbocycles. The minimum atomic E-state index is -3.47. The van der Waals surface area contributed by atoms with Gasteiger partial charge < -0.3 is 4.52 Å². The molecule has 4 rings (SSSR count). The second-order valence-corrected chi connectivity index (χ2v) is 10.3. The lowest BCUT2D eigenvalue weighted by Crippen LogP contribution is -2.54. The van der Waals surface area contributed by atoms with Crippen LogP contribution < -0.4 is 0 Å². The molecule has 12 heteroatoms. The first-order valence-corrected chi connectivity index (χ1v) is 12.3. The van der Waals surface area contributed by atoms with Gasteiger partial charge in [0.2, 0.25) is 11.7 Å². The van der Waals surface area contributed by atoms with Crippen molar-refractivity contribution in [1.82, 2.24) is 23.7 Å². The maximum atomic E-state index is 13.0. The van der Waals surface area contributed by atoms with Gasteiger partial charge in [0, 0.05) is 57.0 Å². The summed E-state index contributed by atoms with van der Waals surface area (Å²) in [6.07, 6.45) is 5.21. The predicted molar refractivity (Wildman–Crippen MR) is 117 cm³/mol. The van der Waals surface area contributed by atoms with Crippen LogP contribution in [-0.4, -0.2) is 76.3 Å². The van der Waals surface area contributed by atoms with Crippen LogP contribution >= 0.6 is 0 Å². The van der Waals surface area contributed by atoms with Gasteiger partial charge in [-0.1, -0.05) is 36.6 Å². The first kappa shape index (κ1) is 22.8. The molecule has 1 aromatic carbocycles. The van der Waals surface area contributed by atoms with Crippen molar-refractivity contribution in [3.05, 3.63) is 40.3 Å². The number of aromatic nitrogens is 2. The fourth-order valence-electron chi connectivity index (χ4n) is 4.32. The third-order valence-corrected chi connectivity index (χ3v) is 8.30. The lowest BCUT2D eigenvalue weighted by atomic mass is 9.96. The second kappa shape index (κ2) is 9.61. The van der Waals surface area contributed by atoms with Crippen LogP contribution in [0.2, 0.25) is 0 Å². The van der Waals surface area contributed by atoms with Gasteiger partial charge in [-0.3, -0.25) is 15.0 Å². The van der Waals surface area contributed by atoms with Gasteiger partial charge in [0.15, 0.2) is 0 Å². The van der Waals surface area contributed by atoms with E-state index in [-0.39, 0.29) is 11.7 Å². The zero-order chi connectivity index (χ0) is 22.7. The summed E-state index contributed by atoms with van der Waals surface area (Å²) in [5.74, 6) is 0.682. The van der Waals surface area contributed by atoms with Gasteiger partial charge in [-0.2, -0.15) is 22.0 Å². The fourth-order valence-corrected chi connectivity index (χ4v) is 5.90. The Balaban J connectivity index is 1.33. The van der Waals surface area contributed by atoms with Crippen LogP contribution in [0.3, 0.4) is 0 Å². The number of nitro groups is 1. The average molecular weight is 465 g/mol. The van der Waals surface area contributed by atoms with E-state index in [1.807, 2.05) is 0 Å². The Labute approximate surface area is 187 Å². The monoisotopic (exact) mass is 464 g/mol.